The molecule has 0 aromatic carbocycles. The topological polar surface area (TPSA) is 186 Å². The van der Waals surface area contributed by atoms with Gasteiger partial charge in [0, 0.05) is 0 Å². The maximum Gasteiger partial charge on any atom is 0.290 e. The fourth-order valence-electron chi connectivity index (χ4n) is 0. The molecule has 0 atom stereocenters. The minimum absolute atomic E-state index is 0.250. The first-order chi connectivity index (χ1) is 7.07. The first-order valence-corrected chi connectivity index (χ1v) is 2.47. The standard InChI is InChI=1S/5CH2O2/c5*2-1-3/h5*1H,(H,2,3). The lowest BCUT2D eigenvalue weighted by atomic mass is 11.7. The Balaban J connectivity index is -0.0000000278. The van der Waals surface area contributed by atoms with E-state index in [9.17, 15) is 0 Å². The largest absolute Gasteiger partial charge is 0.483 e. The van der Waals surface area contributed by atoms with Crippen LogP contribution in [0.15, 0.2) is 0 Å². The summed E-state index contributed by atoms with van der Waals surface area (Å²) in [4.78, 5) is 41.8. The molecule has 0 radical (unpaired) electrons. The lowest BCUT2D eigenvalue weighted by Gasteiger charge is -1.34. The molecule has 10 nitrogen and oxygen atoms in total. The van der Waals surface area contributed by atoms with Gasteiger partial charge in [0.15, 0.2) is 0 Å². The van der Waals surface area contributed by atoms with E-state index in [1.165, 1.54) is 0 Å². The van der Waals surface area contributed by atoms with Gasteiger partial charge in [-0.15, -0.1) is 0 Å². The van der Waals surface area contributed by atoms with E-state index in [0.717, 1.165) is 0 Å². The van der Waals surface area contributed by atoms with Crippen molar-refractivity contribution in [3.05, 3.63) is 0 Å². The number of carboxylic acid groups (broad SMARTS) is 5. The van der Waals surface area contributed by atoms with Crippen LogP contribution >= 0.6 is 0 Å². The van der Waals surface area contributed by atoms with Crippen LogP contribution in [0.3, 0.4) is 0 Å². The minimum atomic E-state index is -0.250. The SMILES string of the molecule is O=CO.O=CO.O=CO.O=CO.O=CO. The molecule has 0 saturated heterocycles. The lowest BCUT2D eigenvalue weighted by Crippen LogP contribution is -1.49. The summed E-state index contributed by atoms with van der Waals surface area (Å²) in [7, 11) is 0. The van der Waals surface area contributed by atoms with Gasteiger partial charge >= 0.3 is 0 Å². The highest BCUT2D eigenvalue weighted by Crippen LogP contribution is 0.978. The fraction of sp³-hybridized carbons (Fsp3) is 0. The average molecular weight is 230 g/mol. The number of hydrogen-bond donors (Lipinski definition) is 5. The molecule has 0 spiro atoms. The van der Waals surface area contributed by atoms with E-state index in [1.54, 1.807) is 0 Å². The van der Waals surface area contributed by atoms with Gasteiger partial charge < -0.3 is 25.5 Å². The highest BCUT2D eigenvalue weighted by molar-refractivity contribution is 5.33. The monoisotopic (exact) mass is 230 g/mol. The van der Waals surface area contributed by atoms with Gasteiger partial charge in [-0.2, -0.15) is 0 Å². The summed E-state index contributed by atoms with van der Waals surface area (Å²) in [6.07, 6.45) is 0. The summed E-state index contributed by atoms with van der Waals surface area (Å²) < 4.78 is 0. The van der Waals surface area contributed by atoms with E-state index in [1.807, 2.05) is 0 Å². The minimum Gasteiger partial charge on any atom is -0.483 e. The summed E-state index contributed by atoms with van der Waals surface area (Å²) in [5, 5.41) is 34.4. The Kier molecular flexibility index (Phi) is 432. The molecule has 0 aromatic heterocycles. The van der Waals surface area contributed by atoms with Crippen LogP contribution < -0.4 is 0 Å². The Morgan fingerprint density at radius 2 is 0.400 bits per heavy atom. The molecule has 0 amide bonds. The highest BCUT2D eigenvalue weighted by Gasteiger charge is 1.23. The van der Waals surface area contributed by atoms with Crippen LogP contribution in [-0.4, -0.2) is 57.9 Å². The van der Waals surface area contributed by atoms with Gasteiger partial charge in [0.25, 0.3) is 32.4 Å². The van der Waals surface area contributed by atoms with Crippen LogP contribution in [0.25, 0.3) is 0 Å². The third-order valence-electron chi connectivity index (χ3n) is 0. The molecule has 10 heteroatoms. The summed E-state index contributed by atoms with van der Waals surface area (Å²) >= 11 is 0. The smallest absolute Gasteiger partial charge is 0.290 e. The molecule has 0 rings (SSSR count). The maximum absolute atomic E-state index is 8.36. The molecular formula is C5H10O10. The number of carbonyl (C=O) groups is 5. The molecule has 0 saturated carbocycles. The van der Waals surface area contributed by atoms with E-state index in [0.29, 0.717) is 0 Å². The Hall–Kier alpha value is -2.65. The van der Waals surface area contributed by atoms with Crippen LogP contribution in [0.5, 0.6) is 0 Å². The summed E-state index contributed by atoms with van der Waals surface area (Å²) in [5.74, 6) is 0. The third-order valence-corrected chi connectivity index (χ3v) is 0. The van der Waals surface area contributed by atoms with Gasteiger partial charge in [-0.25, -0.2) is 0 Å². The van der Waals surface area contributed by atoms with Crippen molar-refractivity contribution in [1.82, 2.24) is 0 Å². The summed E-state index contributed by atoms with van der Waals surface area (Å²) in [6.45, 7) is -1.25. The molecule has 5 N–H and O–H groups in total. The van der Waals surface area contributed by atoms with E-state index in [2.05, 4.69) is 0 Å². The predicted molar refractivity (Wildman–Crippen MR) is 43.5 cm³/mol. The Morgan fingerprint density at radius 1 is 0.400 bits per heavy atom. The highest BCUT2D eigenvalue weighted by atomic mass is 16.4. The zero-order chi connectivity index (χ0) is 13.5. The van der Waals surface area contributed by atoms with E-state index in [4.69, 9.17) is 49.5 Å². The summed E-state index contributed by atoms with van der Waals surface area (Å²) in [5.41, 5.74) is 0. The van der Waals surface area contributed by atoms with Crippen LogP contribution in [0, 0.1) is 0 Å². The zero-order valence-corrected chi connectivity index (χ0v) is 7.16. The average Bonchev–Trinajstić information content (AvgIpc) is 2.09. The van der Waals surface area contributed by atoms with Gasteiger partial charge in [0.2, 0.25) is 0 Å². The molecule has 0 aromatic rings. The number of hydrogen-bond acceptors (Lipinski definition) is 5. The molecule has 0 aliphatic heterocycles. The van der Waals surface area contributed by atoms with E-state index < -0.39 is 0 Å². The second kappa shape index (κ2) is 220. The van der Waals surface area contributed by atoms with Crippen molar-refractivity contribution >= 4 is 32.4 Å². The fourth-order valence-corrected chi connectivity index (χ4v) is 0. The quantitative estimate of drug-likeness (QED) is 0.306. The van der Waals surface area contributed by atoms with Crippen LogP contribution in [0.4, 0.5) is 0 Å². The lowest BCUT2D eigenvalue weighted by molar-refractivity contribution is -0.123. The molecule has 0 heterocycles. The van der Waals surface area contributed by atoms with Crippen molar-refractivity contribution in [2.24, 2.45) is 0 Å². The van der Waals surface area contributed by atoms with Gasteiger partial charge in [0.1, 0.15) is 0 Å². The van der Waals surface area contributed by atoms with Crippen molar-refractivity contribution in [3.63, 3.8) is 0 Å². The molecule has 0 bridgehead atoms. The van der Waals surface area contributed by atoms with Gasteiger partial charge in [0.05, 0.1) is 0 Å². The Bertz CT molecular complexity index is 86.2. The molecule has 0 fully saturated rings. The first-order valence-electron chi connectivity index (χ1n) is 2.47. The van der Waals surface area contributed by atoms with Crippen LogP contribution in [0.2, 0.25) is 0 Å². The molecular weight excluding hydrogens is 220 g/mol. The van der Waals surface area contributed by atoms with E-state index in [-0.39, 0.29) is 32.4 Å². The predicted octanol–water partition coefficient (Wildman–Crippen LogP) is -1.50. The van der Waals surface area contributed by atoms with Crippen LogP contribution in [-0.2, 0) is 24.0 Å². The van der Waals surface area contributed by atoms with Crippen molar-refractivity contribution < 1.29 is 49.5 Å². The second-order valence-corrected chi connectivity index (χ2v) is 0.527. The zero-order valence-electron chi connectivity index (χ0n) is 7.16. The third kappa shape index (κ3) is 141. The maximum atomic E-state index is 8.36. The second-order valence-electron chi connectivity index (χ2n) is 0.527. The van der Waals surface area contributed by atoms with Gasteiger partial charge in [-0.05, 0) is 0 Å². The molecule has 0 unspecified atom stereocenters. The van der Waals surface area contributed by atoms with Crippen molar-refractivity contribution in [2.45, 2.75) is 0 Å². The number of rotatable bonds is 0. The van der Waals surface area contributed by atoms with Crippen molar-refractivity contribution in [2.75, 3.05) is 0 Å². The van der Waals surface area contributed by atoms with Crippen molar-refractivity contribution in [1.29, 1.82) is 0 Å². The molecule has 0 aliphatic rings. The molecule has 15 heavy (non-hydrogen) atoms. The Labute approximate surface area is 83.0 Å². The van der Waals surface area contributed by atoms with Gasteiger partial charge in [-0.3, -0.25) is 24.0 Å². The molecule has 90 valence electrons. The van der Waals surface area contributed by atoms with Gasteiger partial charge in [-0.1, -0.05) is 0 Å². The van der Waals surface area contributed by atoms with E-state index >= 15 is 0 Å². The normalized spacial score (nSPS) is 4.00. The molecule has 0 aliphatic carbocycles. The Morgan fingerprint density at radius 3 is 0.400 bits per heavy atom. The van der Waals surface area contributed by atoms with Crippen molar-refractivity contribution in [3.8, 4) is 0 Å². The van der Waals surface area contributed by atoms with Crippen LogP contribution in [0.1, 0.15) is 0 Å². The summed E-state index contributed by atoms with van der Waals surface area (Å²) in [6, 6.07) is 0. The first kappa shape index (κ1) is 29.4.